The number of rotatable bonds is 4. The minimum absolute atomic E-state index is 0.0214. The van der Waals surface area contributed by atoms with Gasteiger partial charge in [0.05, 0.1) is 18.1 Å². The van der Waals surface area contributed by atoms with Crippen molar-refractivity contribution >= 4 is 17.7 Å². The lowest BCUT2D eigenvalue weighted by atomic mass is 10.2. The Bertz CT molecular complexity index is 333. The number of furan rings is 1. The zero-order valence-corrected chi connectivity index (χ0v) is 9.70. The van der Waals surface area contributed by atoms with E-state index in [4.69, 9.17) is 4.42 Å². The van der Waals surface area contributed by atoms with Gasteiger partial charge in [0, 0.05) is 0 Å². The quantitative estimate of drug-likeness (QED) is 0.834. The van der Waals surface area contributed by atoms with Crippen LogP contribution in [0.3, 0.4) is 0 Å². The molecule has 1 amide bonds. The zero-order chi connectivity index (χ0) is 11.4. The molecule has 1 fully saturated rings. The number of thioether (sulfide) groups is 1. The minimum atomic E-state index is -0.759. The predicted octanol–water partition coefficient (Wildman–Crippen LogP) is 1.32. The van der Waals surface area contributed by atoms with Crippen LogP contribution in [-0.4, -0.2) is 28.6 Å². The summed E-state index contributed by atoms with van der Waals surface area (Å²) in [5.41, 5.74) is 0. The van der Waals surface area contributed by atoms with Crippen molar-refractivity contribution in [1.29, 1.82) is 0 Å². The van der Waals surface area contributed by atoms with Crippen LogP contribution < -0.4 is 5.32 Å². The summed E-state index contributed by atoms with van der Waals surface area (Å²) in [6, 6.07) is 3.41. The Morgan fingerprint density at radius 3 is 3.25 bits per heavy atom. The first kappa shape index (κ1) is 11.5. The number of hydrogen-bond donors (Lipinski definition) is 2. The molecule has 2 atom stereocenters. The molecular formula is C11H15NO3S. The van der Waals surface area contributed by atoms with Crippen molar-refractivity contribution in [3.8, 4) is 0 Å². The van der Waals surface area contributed by atoms with E-state index in [1.807, 2.05) is 0 Å². The van der Waals surface area contributed by atoms with E-state index >= 15 is 0 Å². The maximum atomic E-state index is 11.6. The van der Waals surface area contributed by atoms with Crippen molar-refractivity contribution in [2.45, 2.75) is 24.2 Å². The van der Waals surface area contributed by atoms with Gasteiger partial charge in [0.15, 0.2) is 0 Å². The van der Waals surface area contributed by atoms with E-state index in [1.54, 1.807) is 23.9 Å². The highest BCUT2D eigenvalue weighted by Crippen LogP contribution is 2.26. The Kier molecular flexibility index (Phi) is 3.90. The molecule has 2 heterocycles. The van der Waals surface area contributed by atoms with Crippen LogP contribution in [0.2, 0.25) is 0 Å². The van der Waals surface area contributed by atoms with Crippen molar-refractivity contribution in [3.63, 3.8) is 0 Å². The van der Waals surface area contributed by atoms with Crippen molar-refractivity contribution in [2.24, 2.45) is 0 Å². The second kappa shape index (κ2) is 5.41. The molecule has 88 valence electrons. The molecular weight excluding hydrogens is 226 g/mol. The molecule has 0 aliphatic carbocycles. The molecule has 1 saturated heterocycles. The van der Waals surface area contributed by atoms with E-state index in [9.17, 15) is 9.90 Å². The van der Waals surface area contributed by atoms with Crippen LogP contribution in [0.25, 0.3) is 0 Å². The van der Waals surface area contributed by atoms with E-state index in [0.717, 1.165) is 18.6 Å². The molecule has 1 aromatic heterocycles. The largest absolute Gasteiger partial charge is 0.467 e. The first-order chi connectivity index (χ1) is 7.77. The highest BCUT2D eigenvalue weighted by Gasteiger charge is 2.23. The zero-order valence-electron chi connectivity index (χ0n) is 8.89. The molecule has 1 aliphatic rings. The normalized spacial score (nSPS) is 21.9. The third kappa shape index (κ3) is 2.80. The number of aliphatic hydroxyl groups is 1. The second-order valence-electron chi connectivity index (χ2n) is 3.78. The summed E-state index contributed by atoms with van der Waals surface area (Å²) in [6.07, 6.45) is 2.79. The van der Waals surface area contributed by atoms with Gasteiger partial charge in [0.1, 0.15) is 11.9 Å². The third-order valence-electron chi connectivity index (χ3n) is 2.56. The Labute approximate surface area is 98.4 Å². The summed E-state index contributed by atoms with van der Waals surface area (Å²) in [5.74, 6) is 1.56. The molecule has 16 heavy (non-hydrogen) atoms. The average molecular weight is 241 g/mol. The lowest BCUT2D eigenvalue weighted by Crippen LogP contribution is -2.34. The van der Waals surface area contributed by atoms with Crippen LogP contribution in [0.4, 0.5) is 0 Å². The molecule has 0 bridgehead atoms. The molecule has 4 nitrogen and oxygen atoms in total. The molecule has 5 heteroatoms. The SMILES string of the molecule is O=C(NCC(O)c1ccco1)C1CCCS1. The van der Waals surface area contributed by atoms with Gasteiger partial charge in [-0.1, -0.05) is 0 Å². The molecule has 0 spiro atoms. The van der Waals surface area contributed by atoms with Gasteiger partial charge in [-0.05, 0) is 30.7 Å². The summed E-state index contributed by atoms with van der Waals surface area (Å²) >= 11 is 1.68. The minimum Gasteiger partial charge on any atom is -0.467 e. The molecule has 1 aromatic rings. The number of aliphatic hydroxyl groups excluding tert-OH is 1. The first-order valence-electron chi connectivity index (χ1n) is 5.38. The number of carbonyl (C=O) groups is 1. The van der Waals surface area contributed by atoms with Crippen molar-refractivity contribution in [2.75, 3.05) is 12.3 Å². The Hall–Kier alpha value is -0.940. The van der Waals surface area contributed by atoms with Gasteiger partial charge in [0.2, 0.25) is 5.91 Å². The van der Waals surface area contributed by atoms with Crippen LogP contribution in [0, 0.1) is 0 Å². The Morgan fingerprint density at radius 1 is 1.75 bits per heavy atom. The van der Waals surface area contributed by atoms with E-state index in [2.05, 4.69) is 5.32 Å². The standard InChI is InChI=1S/C11H15NO3S/c13-8(9-3-1-5-15-9)7-12-11(14)10-4-2-6-16-10/h1,3,5,8,10,13H,2,4,6-7H2,(H,12,14). The van der Waals surface area contributed by atoms with Gasteiger partial charge >= 0.3 is 0 Å². The van der Waals surface area contributed by atoms with E-state index in [1.165, 1.54) is 6.26 Å². The van der Waals surface area contributed by atoms with Crippen LogP contribution in [0.1, 0.15) is 24.7 Å². The van der Waals surface area contributed by atoms with Crippen LogP contribution in [0.15, 0.2) is 22.8 Å². The van der Waals surface area contributed by atoms with Crippen molar-refractivity contribution in [3.05, 3.63) is 24.2 Å². The van der Waals surface area contributed by atoms with Crippen LogP contribution >= 0.6 is 11.8 Å². The molecule has 0 radical (unpaired) electrons. The predicted molar refractivity (Wildman–Crippen MR) is 62.2 cm³/mol. The van der Waals surface area contributed by atoms with Gasteiger partial charge < -0.3 is 14.8 Å². The lowest BCUT2D eigenvalue weighted by molar-refractivity contribution is -0.121. The van der Waals surface area contributed by atoms with Gasteiger partial charge in [-0.25, -0.2) is 0 Å². The smallest absolute Gasteiger partial charge is 0.233 e. The molecule has 2 N–H and O–H groups in total. The van der Waals surface area contributed by atoms with E-state index in [-0.39, 0.29) is 17.7 Å². The first-order valence-corrected chi connectivity index (χ1v) is 6.43. The van der Waals surface area contributed by atoms with Gasteiger partial charge in [-0.2, -0.15) is 0 Å². The third-order valence-corrected chi connectivity index (χ3v) is 3.94. The topological polar surface area (TPSA) is 62.5 Å². The molecule has 0 aromatic carbocycles. The molecule has 0 saturated carbocycles. The molecule has 2 rings (SSSR count). The highest BCUT2D eigenvalue weighted by molar-refractivity contribution is 8.00. The fraction of sp³-hybridized carbons (Fsp3) is 0.545. The van der Waals surface area contributed by atoms with Crippen molar-refractivity contribution < 1.29 is 14.3 Å². The number of amides is 1. The van der Waals surface area contributed by atoms with Crippen LogP contribution in [-0.2, 0) is 4.79 Å². The number of carbonyl (C=O) groups excluding carboxylic acids is 1. The van der Waals surface area contributed by atoms with E-state index < -0.39 is 6.10 Å². The Morgan fingerprint density at radius 2 is 2.62 bits per heavy atom. The summed E-state index contributed by atoms with van der Waals surface area (Å²) in [4.78, 5) is 11.6. The Balaban J connectivity index is 1.76. The summed E-state index contributed by atoms with van der Waals surface area (Å²) in [5, 5.41) is 12.5. The monoisotopic (exact) mass is 241 g/mol. The fourth-order valence-corrected chi connectivity index (χ4v) is 2.86. The van der Waals surface area contributed by atoms with Gasteiger partial charge in [-0.3, -0.25) is 4.79 Å². The summed E-state index contributed by atoms with van der Waals surface area (Å²) in [6.45, 7) is 0.212. The number of hydrogen-bond acceptors (Lipinski definition) is 4. The number of nitrogens with one attached hydrogen (secondary N) is 1. The molecule has 1 aliphatic heterocycles. The maximum absolute atomic E-state index is 11.6. The van der Waals surface area contributed by atoms with E-state index in [0.29, 0.717) is 5.76 Å². The molecule has 2 unspecified atom stereocenters. The second-order valence-corrected chi connectivity index (χ2v) is 5.09. The van der Waals surface area contributed by atoms with Crippen molar-refractivity contribution in [1.82, 2.24) is 5.32 Å². The maximum Gasteiger partial charge on any atom is 0.233 e. The van der Waals surface area contributed by atoms with Crippen LogP contribution in [0.5, 0.6) is 0 Å². The van der Waals surface area contributed by atoms with Gasteiger partial charge in [0.25, 0.3) is 0 Å². The average Bonchev–Trinajstić information content (AvgIpc) is 2.95. The lowest BCUT2D eigenvalue weighted by Gasteiger charge is -2.12. The summed E-state index contributed by atoms with van der Waals surface area (Å²) in [7, 11) is 0. The summed E-state index contributed by atoms with van der Waals surface area (Å²) < 4.78 is 5.05. The fourth-order valence-electron chi connectivity index (χ4n) is 1.68. The highest BCUT2D eigenvalue weighted by atomic mass is 32.2. The van der Waals surface area contributed by atoms with Gasteiger partial charge in [-0.15, -0.1) is 11.8 Å².